The van der Waals surface area contributed by atoms with E-state index in [4.69, 9.17) is 0 Å². The van der Waals surface area contributed by atoms with Crippen LogP contribution in [0.25, 0.3) is 0 Å². The van der Waals surface area contributed by atoms with E-state index >= 15 is 0 Å². The Balaban J connectivity index is 0. The van der Waals surface area contributed by atoms with Crippen molar-refractivity contribution in [3.63, 3.8) is 0 Å². The molecule has 0 aromatic rings. The van der Waals surface area contributed by atoms with Crippen molar-refractivity contribution in [1.29, 1.82) is 0 Å². The SMILES string of the molecule is CCOCl.[Al+3]. The third-order valence-corrected chi connectivity index (χ3v) is 0.327. The Morgan fingerprint density at radius 2 is 2.00 bits per heavy atom. The topological polar surface area (TPSA) is 9.23 Å². The zero-order valence-corrected chi connectivity index (χ0v) is 4.98. The van der Waals surface area contributed by atoms with Gasteiger partial charge in [-0.1, -0.05) is 0 Å². The fraction of sp³-hybridized carbons (Fsp3) is 1.00. The molecule has 0 aliphatic rings. The van der Waals surface area contributed by atoms with Crippen LogP contribution in [0.15, 0.2) is 0 Å². The average Bonchev–Trinajstić information content (AvgIpc) is 1.37. The number of rotatable bonds is 1. The Kier molecular flexibility index (Phi) is 16.3. The maximum absolute atomic E-state index is 4.69. The fourth-order valence-corrected chi connectivity index (χ4v) is 0. The van der Waals surface area contributed by atoms with Crippen molar-refractivity contribution in [3.8, 4) is 0 Å². The van der Waals surface area contributed by atoms with E-state index in [0.29, 0.717) is 6.61 Å². The van der Waals surface area contributed by atoms with E-state index in [9.17, 15) is 0 Å². The predicted molar refractivity (Wildman–Crippen MR) is 23.2 cm³/mol. The zero-order chi connectivity index (χ0) is 3.41. The van der Waals surface area contributed by atoms with Gasteiger partial charge < -0.3 is 0 Å². The van der Waals surface area contributed by atoms with Gasteiger partial charge in [-0.25, -0.2) is 0 Å². The predicted octanol–water partition coefficient (Wildman–Crippen LogP) is 0.796. The van der Waals surface area contributed by atoms with Gasteiger partial charge >= 0.3 is 17.4 Å². The summed E-state index contributed by atoms with van der Waals surface area (Å²) < 4.78 is 4.01. The van der Waals surface area contributed by atoms with Crippen LogP contribution < -0.4 is 0 Å². The molecule has 0 aromatic carbocycles. The first-order chi connectivity index (χ1) is 1.91. The van der Waals surface area contributed by atoms with E-state index in [1.165, 1.54) is 0 Å². The number of hydrogen-bond donors (Lipinski definition) is 0. The minimum absolute atomic E-state index is 0. The molecule has 3 heteroatoms. The maximum Gasteiger partial charge on any atom is 3.00 e. The number of halogens is 1. The molecule has 0 spiro atoms. The van der Waals surface area contributed by atoms with Gasteiger partial charge in [0.15, 0.2) is 0 Å². The molecular formula is C2H5AlClO+3. The van der Waals surface area contributed by atoms with Crippen LogP contribution in [0.1, 0.15) is 6.92 Å². The van der Waals surface area contributed by atoms with Gasteiger partial charge in [-0.2, -0.15) is 0 Å². The van der Waals surface area contributed by atoms with Gasteiger partial charge in [-0.05, 0) is 6.92 Å². The molecule has 0 bridgehead atoms. The van der Waals surface area contributed by atoms with Crippen LogP contribution in [0.5, 0.6) is 0 Å². The summed E-state index contributed by atoms with van der Waals surface area (Å²) in [6.45, 7) is 2.41. The largest absolute Gasteiger partial charge is 3.00 e. The van der Waals surface area contributed by atoms with Crippen LogP contribution in [0, 0.1) is 0 Å². The van der Waals surface area contributed by atoms with Gasteiger partial charge in [0.25, 0.3) is 0 Å². The normalized spacial score (nSPS) is 6.00. The van der Waals surface area contributed by atoms with Crippen LogP contribution in [-0.4, -0.2) is 24.0 Å². The first kappa shape index (κ1) is 9.24. The quantitative estimate of drug-likeness (QED) is 0.451. The summed E-state index contributed by atoms with van der Waals surface area (Å²) in [5.74, 6) is 0. The molecule has 0 rings (SSSR count). The molecule has 0 radical (unpaired) electrons. The second-order valence-electron chi connectivity index (χ2n) is 0.398. The molecule has 0 heterocycles. The van der Waals surface area contributed by atoms with Crippen LogP contribution in [-0.2, 0) is 4.29 Å². The summed E-state index contributed by atoms with van der Waals surface area (Å²) in [5, 5.41) is 0. The monoisotopic (exact) mass is 107 g/mol. The summed E-state index contributed by atoms with van der Waals surface area (Å²) in [6.07, 6.45) is 0. The van der Waals surface area contributed by atoms with Crippen molar-refractivity contribution < 1.29 is 4.29 Å². The Morgan fingerprint density at radius 1 is 1.80 bits per heavy atom. The molecule has 26 valence electrons. The minimum Gasteiger partial charge on any atom is -0.280 e. The Bertz CT molecular complexity index is 11.6. The first-order valence-electron chi connectivity index (χ1n) is 1.15. The fourth-order valence-electron chi connectivity index (χ4n) is 0. The molecule has 0 unspecified atom stereocenters. The van der Waals surface area contributed by atoms with Gasteiger partial charge in [-0.15, -0.1) is 0 Å². The molecule has 0 saturated carbocycles. The minimum atomic E-state index is 0. The van der Waals surface area contributed by atoms with Crippen LogP contribution in [0.2, 0.25) is 0 Å². The van der Waals surface area contributed by atoms with Crippen molar-refractivity contribution in [3.05, 3.63) is 0 Å². The molecule has 0 atom stereocenters. The van der Waals surface area contributed by atoms with Gasteiger partial charge in [0.2, 0.25) is 0 Å². The standard InChI is InChI=1S/C2H5ClO.Al/c1-2-4-3;/h2H2,1H3;/q;+3. The maximum atomic E-state index is 4.69. The van der Waals surface area contributed by atoms with Crippen molar-refractivity contribution in [1.82, 2.24) is 0 Å². The van der Waals surface area contributed by atoms with Gasteiger partial charge in [-0.3, -0.25) is 4.29 Å². The summed E-state index contributed by atoms with van der Waals surface area (Å²) in [4.78, 5) is 0. The van der Waals surface area contributed by atoms with Gasteiger partial charge in [0.05, 0.1) is 18.5 Å². The average molecular weight is 107 g/mol. The van der Waals surface area contributed by atoms with Crippen molar-refractivity contribution in [2.24, 2.45) is 0 Å². The van der Waals surface area contributed by atoms with E-state index in [1.54, 1.807) is 0 Å². The Hall–Kier alpha value is 0.782. The van der Waals surface area contributed by atoms with Gasteiger partial charge in [0.1, 0.15) is 0 Å². The van der Waals surface area contributed by atoms with Crippen LogP contribution in [0.4, 0.5) is 0 Å². The van der Waals surface area contributed by atoms with Crippen molar-refractivity contribution >= 4 is 29.2 Å². The Labute approximate surface area is 47.6 Å². The molecule has 0 saturated heterocycles. The third kappa shape index (κ3) is 11.7. The number of hydrogen-bond acceptors (Lipinski definition) is 1. The van der Waals surface area contributed by atoms with E-state index in [1.807, 2.05) is 6.92 Å². The molecule has 1 nitrogen and oxygen atoms in total. The molecule has 0 aliphatic heterocycles. The Morgan fingerprint density at radius 3 is 2.00 bits per heavy atom. The molecule has 0 amide bonds. The zero-order valence-electron chi connectivity index (χ0n) is 3.07. The molecule has 0 N–H and O–H groups in total. The van der Waals surface area contributed by atoms with Crippen molar-refractivity contribution in [2.75, 3.05) is 6.61 Å². The van der Waals surface area contributed by atoms with Crippen molar-refractivity contribution in [2.45, 2.75) is 6.92 Å². The summed E-state index contributed by atoms with van der Waals surface area (Å²) in [7, 11) is 0. The summed E-state index contributed by atoms with van der Waals surface area (Å²) in [6, 6.07) is 0. The van der Waals surface area contributed by atoms with Crippen LogP contribution in [0.3, 0.4) is 0 Å². The van der Waals surface area contributed by atoms with E-state index < -0.39 is 0 Å². The van der Waals surface area contributed by atoms with E-state index in [2.05, 4.69) is 16.2 Å². The second kappa shape index (κ2) is 8.84. The molecular weight excluding hydrogens is 102 g/mol. The molecule has 0 aliphatic carbocycles. The smallest absolute Gasteiger partial charge is 0.280 e. The third-order valence-electron chi connectivity index (χ3n) is 0.109. The van der Waals surface area contributed by atoms with E-state index in [0.717, 1.165) is 0 Å². The van der Waals surface area contributed by atoms with Crippen LogP contribution >= 0.6 is 11.9 Å². The molecule has 5 heavy (non-hydrogen) atoms. The summed E-state index contributed by atoms with van der Waals surface area (Å²) in [5.41, 5.74) is 0. The molecule has 0 aromatic heterocycles. The summed E-state index contributed by atoms with van der Waals surface area (Å²) >= 11 is 4.69. The molecule has 0 fully saturated rings. The van der Waals surface area contributed by atoms with E-state index in [-0.39, 0.29) is 17.4 Å². The van der Waals surface area contributed by atoms with Gasteiger partial charge in [0, 0.05) is 0 Å². The first-order valence-corrected chi connectivity index (χ1v) is 1.46. The second-order valence-corrected chi connectivity index (χ2v) is 0.616.